The zero-order chi connectivity index (χ0) is 35.7. The maximum absolute atomic E-state index is 5.44. The van der Waals surface area contributed by atoms with Crippen LogP contribution in [0, 0.1) is 24.8 Å². The Morgan fingerprint density at radius 3 is 1.54 bits per heavy atom. The van der Waals surface area contributed by atoms with Gasteiger partial charge in [-0.1, -0.05) is 78.5 Å². The van der Waals surface area contributed by atoms with Crippen molar-refractivity contribution in [3.63, 3.8) is 0 Å². The van der Waals surface area contributed by atoms with Gasteiger partial charge in [0.2, 0.25) is 12.7 Å². The van der Waals surface area contributed by atoms with Crippen LogP contribution in [0.3, 0.4) is 0 Å². The quantitative estimate of drug-likeness (QED) is 0.160. The summed E-state index contributed by atoms with van der Waals surface area (Å²) < 4.78 is 29.1. The standard InChI is InChI=1S/2C16H15N2O2.C8H6N3.Ir/c2*1-17-11-18(14-7-5-4-6-13(14)17)15-9-8-12(19-2)10-16(15)20-3;1-2-5-9-7(3-1)8-4-6-10-11-8;/h2*4-8,10H,1-3H3;1-6H;/q3*-1;. The Morgan fingerprint density at radius 2 is 1.12 bits per heavy atom. The molecule has 0 amide bonds. The first-order chi connectivity index (χ1) is 24.9. The summed E-state index contributed by atoms with van der Waals surface area (Å²) in [6, 6.07) is 37.4. The molecular formula is C40H36IrN7O4-3. The summed E-state index contributed by atoms with van der Waals surface area (Å²) in [4.78, 5) is 4.12. The molecule has 0 N–H and O–H groups in total. The van der Waals surface area contributed by atoms with Gasteiger partial charge in [-0.05, 0) is 23.5 Å². The number of nitrogens with zero attached hydrogens (tertiary/aromatic N) is 7. The van der Waals surface area contributed by atoms with Crippen LogP contribution in [0.5, 0.6) is 23.0 Å². The minimum Gasteiger partial charge on any atom is -0.574 e. The molecular weight excluding hydrogens is 835 g/mol. The Morgan fingerprint density at radius 1 is 0.615 bits per heavy atom. The number of methoxy groups -OCH3 is 4. The third-order valence-electron chi connectivity index (χ3n) is 7.93. The van der Waals surface area contributed by atoms with Gasteiger partial charge in [-0.25, -0.2) is 0 Å². The van der Waals surface area contributed by atoms with Gasteiger partial charge in [-0.15, -0.1) is 12.1 Å². The average Bonchev–Trinajstić information content (AvgIpc) is 3.94. The van der Waals surface area contributed by atoms with Crippen molar-refractivity contribution in [3.05, 3.63) is 134 Å². The molecule has 0 saturated heterocycles. The third kappa shape index (κ3) is 7.99. The van der Waals surface area contributed by atoms with Crippen molar-refractivity contribution < 1.29 is 48.2 Å². The van der Waals surface area contributed by atoms with Crippen molar-refractivity contribution in [1.82, 2.24) is 24.3 Å². The van der Waals surface area contributed by atoms with E-state index in [-0.39, 0.29) is 20.1 Å². The summed E-state index contributed by atoms with van der Waals surface area (Å²) in [5.41, 5.74) is 7.60. The number of benzene rings is 4. The maximum atomic E-state index is 5.44. The van der Waals surface area contributed by atoms with Crippen LogP contribution in [-0.4, -0.2) is 47.7 Å². The van der Waals surface area contributed by atoms with Crippen molar-refractivity contribution in [1.29, 1.82) is 0 Å². The third-order valence-corrected chi connectivity index (χ3v) is 7.93. The molecule has 11 nitrogen and oxygen atoms in total. The van der Waals surface area contributed by atoms with E-state index in [4.69, 9.17) is 18.9 Å². The fourth-order valence-electron chi connectivity index (χ4n) is 5.41. The van der Waals surface area contributed by atoms with Crippen LogP contribution in [-0.2, 0) is 34.2 Å². The van der Waals surface area contributed by atoms with Gasteiger partial charge in [0.05, 0.1) is 64.6 Å². The molecule has 0 aliphatic rings. The Labute approximate surface area is 316 Å². The fourth-order valence-corrected chi connectivity index (χ4v) is 5.41. The largest absolute Gasteiger partial charge is 0.574 e. The van der Waals surface area contributed by atoms with Crippen molar-refractivity contribution in [3.8, 4) is 45.8 Å². The first kappa shape index (κ1) is 37.3. The summed E-state index contributed by atoms with van der Waals surface area (Å²) in [5, 5.41) is 7.58. The predicted molar refractivity (Wildman–Crippen MR) is 191 cm³/mol. The number of para-hydroxylation sites is 4. The van der Waals surface area contributed by atoms with Crippen LogP contribution in [0.1, 0.15) is 0 Å². The van der Waals surface area contributed by atoms with E-state index in [2.05, 4.69) is 52.1 Å². The summed E-state index contributed by atoms with van der Waals surface area (Å²) in [6.45, 7) is 0. The van der Waals surface area contributed by atoms with E-state index in [1.807, 2.05) is 105 Å². The minimum atomic E-state index is 0. The van der Waals surface area contributed by atoms with Gasteiger partial charge >= 0.3 is 0 Å². The second kappa shape index (κ2) is 17.3. The number of hydrogen-bond donors (Lipinski definition) is 0. The molecule has 8 aromatic rings. The summed E-state index contributed by atoms with van der Waals surface area (Å²) in [6.07, 6.45) is 9.92. The second-order valence-corrected chi connectivity index (χ2v) is 11.0. The number of imidazole rings is 2. The van der Waals surface area contributed by atoms with Crippen LogP contribution < -0.4 is 33.2 Å². The van der Waals surface area contributed by atoms with Crippen molar-refractivity contribution >= 4 is 22.1 Å². The SMILES string of the molecule is COc1c[c-]c(-n2[c-][n+](C)c3ccccc32)c(OC)c1.COc1c[c-]c(-n2[c-][n+](C)c3ccccc32)c(OC)c1.[Ir].c1ccc(-c2ccn[n-]2)nc1. The molecule has 0 saturated carbocycles. The van der Waals surface area contributed by atoms with Crippen molar-refractivity contribution in [2.75, 3.05) is 28.4 Å². The van der Waals surface area contributed by atoms with E-state index in [0.717, 1.165) is 44.8 Å². The van der Waals surface area contributed by atoms with E-state index in [9.17, 15) is 0 Å². The molecule has 0 bridgehead atoms. The minimum absolute atomic E-state index is 0. The molecule has 8 rings (SSSR count). The number of aromatic nitrogens is 7. The molecule has 0 atom stereocenters. The molecule has 1 radical (unpaired) electrons. The fraction of sp³-hybridized carbons (Fsp3) is 0.150. The molecule has 0 unspecified atom stereocenters. The van der Waals surface area contributed by atoms with E-state index >= 15 is 0 Å². The zero-order valence-electron chi connectivity index (χ0n) is 29.5. The van der Waals surface area contributed by atoms with Gasteiger partial charge in [0.25, 0.3) is 0 Å². The van der Waals surface area contributed by atoms with Gasteiger partial charge in [0, 0.05) is 61.2 Å². The Hall–Kier alpha value is -5.97. The molecule has 12 heteroatoms. The van der Waals surface area contributed by atoms with Crippen molar-refractivity contribution in [2.45, 2.75) is 0 Å². The summed E-state index contributed by atoms with van der Waals surface area (Å²) in [5.74, 6) is 2.82. The molecule has 4 heterocycles. The smallest absolute Gasteiger partial charge is 0.242 e. The number of rotatable bonds is 7. The Bertz CT molecular complexity index is 2220. The molecule has 52 heavy (non-hydrogen) atoms. The molecule has 4 aromatic heterocycles. The van der Waals surface area contributed by atoms with Crippen LogP contribution in [0.4, 0.5) is 0 Å². The van der Waals surface area contributed by atoms with E-state index < -0.39 is 0 Å². The number of aryl methyl sites for hydroxylation is 2. The number of pyridine rings is 1. The van der Waals surface area contributed by atoms with Crippen LogP contribution in [0.25, 0.3) is 44.8 Å². The number of hydrogen-bond acceptors (Lipinski definition) is 6. The first-order valence-electron chi connectivity index (χ1n) is 15.9. The molecule has 0 aliphatic carbocycles. The monoisotopic (exact) mass is 871 g/mol. The normalized spacial score (nSPS) is 10.3. The van der Waals surface area contributed by atoms with Gasteiger partial charge < -0.3 is 47.4 Å². The van der Waals surface area contributed by atoms with E-state index in [1.54, 1.807) is 53.0 Å². The van der Waals surface area contributed by atoms with Crippen LogP contribution in [0.15, 0.2) is 109 Å². The van der Waals surface area contributed by atoms with Crippen LogP contribution in [0.2, 0.25) is 0 Å². The van der Waals surface area contributed by atoms with Gasteiger partial charge in [-0.2, -0.15) is 12.1 Å². The molecule has 0 fully saturated rings. The van der Waals surface area contributed by atoms with Crippen LogP contribution >= 0.6 is 0 Å². The Balaban J connectivity index is 0.000000156. The molecule has 267 valence electrons. The predicted octanol–water partition coefficient (Wildman–Crippen LogP) is 5.24. The number of fused-ring (bicyclic) bond motifs is 2. The topological polar surface area (TPSA) is 94.4 Å². The van der Waals surface area contributed by atoms with E-state index in [0.29, 0.717) is 23.0 Å². The van der Waals surface area contributed by atoms with Gasteiger partial charge in [0.1, 0.15) is 0 Å². The van der Waals surface area contributed by atoms with Crippen molar-refractivity contribution in [2.24, 2.45) is 14.1 Å². The Kier molecular flexibility index (Phi) is 12.4. The first-order valence-corrected chi connectivity index (χ1v) is 15.9. The average molecular weight is 871 g/mol. The maximum Gasteiger partial charge on any atom is 0.242 e. The molecule has 0 aliphatic heterocycles. The molecule has 4 aromatic carbocycles. The second-order valence-electron chi connectivity index (χ2n) is 11.0. The van der Waals surface area contributed by atoms with Gasteiger partial charge in [0.15, 0.2) is 0 Å². The van der Waals surface area contributed by atoms with E-state index in [1.165, 1.54) is 0 Å². The molecule has 0 spiro atoms. The summed E-state index contributed by atoms with van der Waals surface area (Å²) in [7, 11) is 10.5. The zero-order valence-corrected chi connectivity index (χ0v) is 31.9. The van der Waals surface area contributed by atoms with Gasteiger partial charge in [-0.3, -0.25) is 4.98 Å². The number of ether oxygens (including phenoxy) is 4. The summed E-state index contributed by atoms with van der Waals surface area (Å²) >= 11 is 0.